The van der Waals surface area contributed by atoms with Crippen LogP contribution >= 0.6 is 11.3 Å². The van der Waals surface area contributed by atoms with Crippen molar-refractivity contribution in [2.24, 2.45) is 0 Å². The number of hydrogen-bond acceptors (Lipinski definition) is 4. The number of anilines is 1. The van der Waals surface area contributed by atoms with Gasteiger partial charge in [0.2, 0.25) is 0 Å². The summed E-state index contributed by atoms with van der Waals surface area (Å²) in [7, 11) is 0. The smallest absolute Gasteiger partial charge is 0.276 e. The Labute approximate surface area is 113 Å². The predicted octanol–water partition coefficient (Wildman–Crippen LogP) is 2.77. The van der Waals surface area contributed by atoms with Gasteiger partial charge in [0.15, 0.2) is 5.69 Å². The number of carbonyl (C=O) groups is 1. The van der Waals surface area contributed by atoms with Crippen LogP contribution in [0.25, 0.3) is 10.2 Å². The fourth-order valence-corrected chi connectivity index (χ4v) is 2.50. The molecule has 3 rings (SSSR count). The quantitative estimate of drug-likeness (QED) is 0.797. The predicted molar refractivity (Wildman–Crippen MR) is 75.5 cm³/mol. The lowest BCUT2D eigenvalue weighted by molar-refractivity contribution is 0.102. The van der Waals surface area contributed by atoms with Crippen molar-refractivity contribution in [2.45, 2.75) is 13.5 Å². The Morgan fingerprint density at radius 1 is 1.42 bits per heavy atom. The minimum Gasteiger partial charge on any atom is -0.321 e. The first kappa shape index (κ1) is 11.9. The Balaban J connectivity index is 1.81. The van der Waals surface area contributed by atoms with E-state index in [0.29, 0.717) is 5.69 Å². The van der Waals surface area contributed by atoms with E-state index in [0.717, 1.165) is 22.4 Å². The Morgan fingerprint density at radius 3 is 3.11 bits per heavy atom. The molecule has 1 N–H and O–H groups in total. The Bertz CT molecular complexity index is 731. The van der Waals surface area contributed by atoms with Gasteiger partial charge in [0, 0.05) is 18.4 Å². The van der Waals surface area contributed by atoms with Crippen LogP contribution in [0, 0.1) is 0 Å². The van der Waals surface area contributed by atoms with Gasteiger partial charge in [-0.15, -0.1) is 11.3 Å². The fraction of sp³-hybridized carbons (Fsp3) is 0.154. The Morgan fingerprint density at radius 2 is 2.32 bits per heavy atom. The summed E-state index contributed by atoms with van der Waals surface area (Å²) in [4.78, 5) is 16.2. The molecule has 6 heteroatoms. The molecule has 2 heterocycles. The molecule has 0 saturated heterocycles. The molecule has 0 atom stereocenters. The van der Waals surface area contributed by atoms with E-state index in [1.54, 1.807) is 33.8 Å². The number of fused-ring (bicyclic) bond motifs is 1. The number of benzene rings is 1. The zero-order valence-corrected chi connectivity index (χ0v) is 11.1. The molecule has 96 valence electrons. The van der Waals surface area contributed by atoms with Crippen molar-refractivity contribution in [2.75, 3.05) is 5.32 Å². The van der Waals surface area contributed by atoms with Gasteiger partial charge in [-0.05, 0) is 31.2 Å². The largest absolute Gasteiger partial charge is 0.321 e. The third-order valence-corrected chi connectivity index (χ3v) is 3.58. The molecule has 1 aromatic carbocycles. The van der Waals surface area contributed by atoms with Crippen molar-refractivity contribution in [1.29, 1.82) is 0 Å². The molecule has 0 radical (unpaired) electrons. The molecule has 1 amide bonds. The van der Waals surface area contributed by atoms with Crippen LogP contribution < -0.4 is 5.32 Å². The second kappa shape index (κ2) is 4.81. The van der Waals surface area contributed by atoms with Crippen molar-refractivity contribution < 1.29 is 4.79 Å². The number of amides is 1. The first-order chi connectivity index (χ1) is 9.26. The van der Waals surface area contributed by atoms with E-state index >= 15 is 0 Å². The lowest BCUT2D eigenvalue weighted by Crippen LogP contribution is -2.13. The van der Waals surface area contributed by atoms with Gasteiger partial charge in [0.1, 0.15) is 0 Å². The van der Waals surface area contributed by atoms with Crippen molar-refractivity contribution >= 4 is 33.1 Å². The summed E-state index contributed by atoms with van der Waals surface area (Å²) < 4.78 is 2.78. The highest BCUT2D eigenvalue weighted by atomic mass is 32.1. The summed E-state index contributed by atoms with van der Waals surface area (Å²) in [5.41, 5.74) is 3.91. The van der Waals surface area contributed by atoms with Gasteiger partial charge in [-0.25, -0.2) is 4.98 Å². The summed E-state index contributed by atoms with van der Waals surface area (Å²) in [5, 5.41) is 7.01. The van der Waals surface area contributed by atoms with Gasteiger partial charge < -0.3 is 5.32 Å². The normalized spacial score (nSPS) is 10.8. The highest BCUT2D eigenvalue weighted by Crippen LogP contribution is 2.22. The number of rotatable bonds is 3. The summed E-state index contributed by atoms with van der Waals surface area (Å²) in [6, 6.07) is 7.37. The summed E-state index contributed by atoms with van der Waals surface area (Å²) >= 11 is 1.55. The highest BCUT2D eigenvalue weighted by molar-refractivity contribution is 7.16. The monoisotopic (exact) mass is 272 g/mol. The molecular formula is C13H12N4OS. The number of nitrogens with zero attached hydrogens (tertiary/aromatic N) is 3. The lowest BCUT2D eigenvalue weighted by Gasteiger charge is -2.02. The third-order valence-electron chi connectivity index (χ3n) is 2.79. The van der Waals surface area contributed by atoms with E-state index < -0.39 is 0 Å². The molecule has 0 spiro atoms. The highest BCUT2D eigenvalue weighted by Gasteiger charge is 2.10. The maximum absolute atomic E-state index is 12.0. The minimum absolute atomic E-state index is 0.198. The van der Waals surface area contributed by atoms with Crippen LogP contribution in [0.4, 0.5) is 5.69 Å². The number of aryl methyl sites for hydroxylation is 1. The van der Waals surface area contributed by atoms with E-state index in [1.807, 2.05) is 25.1 Å². The maximum atomic E-state index is 12.0. The molecule has 3 aromatic rings. The average molecular weight is 272 g/mol. The first-order valence-corrected chi connectivity index (χ1v) is 6.82. The van der Waals surface area contributed by atoms with Crippen molar-refractivity contribution in [3.8, 4) is 0 Å². The molecule has 0 aliphatic rings. The Hall–Kier alpha value is -2.21. The van der Waals surface area contributed by atoms with Crippen molar-refractivity contribution in [3.05, 3.63) is 41.7 Å². The van der Waals surface area contributed by atoms with Gasteiger partial charge in [-0.2, -0.15) is 5.10 Å². The van der Waals surface area contributed by atoms with Crippen LogP contribution in [0.15, 0.2) is 36.0 Å². The second-order valence-corrected chi connectivity index (χ2v) is 4.93. The minimum atomic E-state index is -0.198. The second-order valence-electron chi connectivity index (χ2n) is 4.05. The first-order valence-electron chi connectivity index (χ1n) is 5.94. The molecule has 0 saturated carbocycles. The fourth-order valence-electron chi connectivity index (χ4n) is 1.79. The van der Waals surface area contributed by atoms with Gasteiger partial charge >= 0.3 is 0 Å². The summed E-state index contributed by atoms with van der Waals surface area (Å²) in [6.07, 6.45) is 1.79. The van der Waals surface area contributed by atoms with E-state index in [2.05, 4.69) is 15.4 Å². The zero-order valence-electron chi connectivity index (χ0n) is 10.3. The number of nitrogens with one attached hydrogen (secondary N) is 1. The van der Waals surface area contributed by atoms with Gasteiger partial charge in [0.25, 0.3) is 5.91 Å². The van der Waals surface area contributed by atoms with Crippen molar-refractivity contribution in [1.82, 2.24) is 14.8 Å². The van der Waals surface area contributed by atoms with Crippen LogP contribution in [0.1, 0.15) is 17.4 Å². The third kappa shape index (κ3) is 2.34. The molecule has 5 nitrogen and oxygen atoms in total. The molecule has 0 fully saturated rings. The molecule has 0 unspecified atom stereocenters. The van der Waals surface area contributed by atoms with Crippen LogP contribution in [-0.4, -0.2) is 20.7 Å². The van der Waals surface area contributed by atoms with Crippen LogP contribution in [-0.2, 0) is 6.54 Å². The standard InChI is InChI=1S/C13H12N4OS/c1-2-17-6-5-11(16-17)13(18)15-9-3-4-10-12(7-9)19-8-14-10/h3-8H,2H2,1H3,(H,15,18). The van der Waals surface area contributed by atoms with E-state index in [-0.39, 0.29) is 5.91 Å². The molecular weight excluding hydrogens is 260 g/mol. The van der Waals surface area contributed by atoms with Crippen LogP contribution in [0.2, 0.25) is 0 Å². The van der Waals surface area contributed by atoms with Gasteiger partial charge in [0.05, 0.1) is 15.7 Å². The molecule has 2 aromatic heterocycles. The topological polar surface area (TPSA) is 59.8 Å². The van der Waals surface area contributed by atoms with Gasteiger partial charge in [-0.3, -0.25) is 9.48 Å². The zero-order chi connectivity index (χ0) is 13.2. The lowest BCUT2D eigenvalue weighted by atomic mass is 10.3. The number of carbonyl (C=O) groups excluding carboxylic acids is 1. The maximum Gasteiger partial charge on any atom is 0.276 e. The average Bonchev–Trinajstić information content (AvgIpc) is 3.06. The summed E-state index contributed by atoms with van der Waals surface area (Å²) in [5.74, 6) is -0.198. The number of thiazole rings is 1. The van der Waals surface area contributed by atoms with E-state index in [4.69, 9.17) is 0 Å². The summed E-state index contributed by atoms with van der Waals surface area (Å²) in [6.45, 7) is 2.73. The van der Waals surface area contributed by atoms with E-state index in [9.17, 15) is 4.79 Å². The van der Waals surface area contributed by atoms with Gasteiger partial charge in [-0.1, -0.05) is 0 Å². The molecule has 19 heavy (non-hydrogen) atoms. The SMILES string of the molecule is CCn1ccc(C(=O)Nc2ccc3ncsc3c2)n1. The van der Waals surface area contributed by atoms with Crippen LogP contribution in [0.5, 0.6) is 0 Å². The molecule has 0 aliphatic heterocycles. The molecule has 0 aliphatic carbocycles. The number of aromatic nitrogens is 3. The molecule has 0 bridgehead atoms. The Kier molecular flexibility index (Phi) is 3.00. The van der Waals surface area contributed by atoms with E-state index in [1.165, 1.54) is 0 Å². The number of hydrogen-bond donors (Lipinski definition) is 1. The van der Waals surface area contributed by atoms with Crippen molar-refractivity contribution in [3.63, 3.8) is 0 Å². The van der Waals surface area contributed by atoms with Crippen LogP contribution in [0.3, 0.4) is 0 Å².